The first-order chi connectivity index (χ1) is 12.2. The van der Waals surface area contributed by atoms with Gasteiger partial charge in [-0.25, -0.2) is 9.59 Å². The van der Waals surface area contributed by atoms with Crippen LogP contribution in [0.4, 0.5) is 9.59 Å². The van der Waals surface area contributed by atoms with E-state index < -0.39 is 0 Å². The van der Waals surface area contributed by atoms with Gasteiger partial charge < -0.3 is 19.3 Å². The van der Waals surface area contributed by atoms with Crippen molar-refractivity contribution in [2.24, 2.45) is 5.92 Å². The van der Waals surface area contributed by atoms with Crippen molar-refractivity contribution < 1.29 is 19.1 Å². The van der Waals surface area contributed by atoms with Gasteiger partial charge in [-0.1, -0.05) is 0 Å². The first kappa shape index (κ1) is 16.9. The molecule has 0 N–H and O–H groups in total. The number of fused-ring (bicyclic) bond motifs is 3. The summed E-state index contributed by atoms with van der Waals surface area (Å²) in [7, 11) is 0. The summed E-state index contributed by atoms with van der Waals surface area (Å²) in [6.45, 7) is 6.46. The molecule has 0 aromatic heterocycles. The van der Waals surface area contributed by atoms with E-state index in [1.807, 2.05) is 16.7 Å². The lowest BCUT2D eigenvalue weighted by Gasteiger charge is -2.55. The molecule has 3 unspecified atom stereocenters. The molecular weight excluding hydrogens is 322 g/mol. The van der Waals surface area contributed by atoms with Gasteiger partial charge in [0.2, 0.25) is 0 Å². The van der Waals surface area contributed by atoms with Gasteiger partial charge in [0.05, 0.1) is 6.61 Å². The molecule has 2 bridgehead atoms. The Balaban J connectivity index is 1.25. The van der Waals surface area contributed by atoms with E-state index in [-0.39, 0.29) is 18.3 Å². The molecule has 4 aliphatic heterocycles. The van der Waals surface area contributed by atoms with Crippen molar-refractivity contribution in [2.75, 3.05) is 39.3 Å². The maximum atomic E-state index is 12.1. The van der Waals surface area contributed by atoms with E-state index in [1.54, 1.807) is 0 Å². The average molecular weight is 351 g/mol. The fourth-order valence-electron chi connectivity index (χ4n) is 4.89. The van der Waals surface area contributed by atoms with Crippen molar-refractivity contribution in [3.63, 3.8) is 0 Å². The molecule has 0 aromatic carbocycles. The second-order valence-corrected chi connectivity index (χ2v) is 7.80. The smallest absolute Gasteiger partial charge is 0.410 e. The molecule has 5 aliphatic rings. The molecule has 4 saturated heterocycles. The standard InChI is InChI=1S/C18H29N3O4/c1-2-24-18(23)21-10-13-5-6-14(21)9-16(13)20-11-15(12-20)25-17(22)19-7-3-4-8-19/h13-16H,2-12H2,1H3. The van der Waals surface area contributed by atoms with E-state index in [4.69, 9.17) is 9.47 Å². The van der Waals surface area contributed by atoms with Gasteiger partial charge in [0.25, 0.3) is 0 Å². The second kappa shape index (κ2) is 7.02. The number of ether oxygens (including phenoxy) is 2. The highest BCUT2D eigenvalue weighted by Crippen LogP contribution is 2.39. The van der Waals surface area contributed by atoms with E-state index in [0.717, 1.165) is 58.4 Å². The quantitative estimate of drug-likeness (QED) is 0.777. The van der Waals surface area contributed by atoms with Gasteiger partial charge in [-0.05, 0) is 44.9 Å². The molecule has 1 aliphatic carbocycles. The zero-order valence-corrected chi connectivity index (χ0v) is 15.1. The Morgan fingerprint density at radius 2 is 1.80 bits per heavy atom. The number of hydrogen-bond acceptors (Lipinski definition) is 5. The number of amides is 2. The molecule has 0 aromatic rings. The van der Waals surface area contributed by atoms with Crippen molar-refractivity contribution in [1.29, 1.82) is 0 Å². The van der Waals surface area contributed by atoms with Crippen molar-refractivity contribution in [2.45, 2.75) is 57.2 Å². The van der Waals surface area contributed by atoms with Crippen LogP contribution in [0.25, 0.3) is 0 Å². The first-order valence-electron chi connectivity index (χ1n) is 9.78. The zero-order chi connectivity index (χ0) is 17.4. The number of nitrogens with zero attached hydrogens (tertiary/aromatic N) is 3. The molecule has 7 nitrogen and oxygen atoms in total. The van der Waals surface area contributed by atoms with Gasteiger partial charge in [0.1, 0.15) is 6.10 Å². The van der Waals surface area contributed by atoms with E-state index >= 15 is 0 Å². The summed E-state index contributed by atoms with van der Waals surface area (Å²) in [6, 6.07) is 0.825. The molecular formula is C18H29N3O4. The Kier molecular flexibility index (Phi) is 4.75. The van der Waals surface area contributed by atoms with Crippen LogP contribution < -0.4 is 0 Å². The number of likely N-dealkylation sites (tertiary alicyclic amines) is 2. The molecule has 7 heteroatoms. The minimum absolute atomic E-state index is 0.0368. The van der Waals surface area contributed by atoms with Crippen LogP contribution in [0.1, 0.15) is 39.0 Å². The van der Waals surface area contributed by atoms with Crippen LogP contribution in [-0.2, 0) is 9.47 Å². The maximum Gasteiger partial charge on any atom is 0.410 e. The van der Waals surface area contributed by atoms with E-state index in [1.165, 1.54) is 6.42 Å². The maximum absolute atomic E-state index is 12.1. The molecule has 1 saturated carbocycles. The first-order valence-corrected chi connectivity index (χ1v) is 9.78. The fourth-order valence-corrected chi connectivity index (χ4v) is 4.89. The molecule has 4 heterocycles. The van der Waals surface area contributed by atoms with Gasteiger partial charge in [-0.2, -0.15) is 0 Å². The van der Waals surface area contributed by atoms with Gasteiger partial charge in [-0.3, -0.25) is 4.90 Å². The van der Waals surface area contributed by atoms with Gasteiger partial charge in [0, 0.05) is 44.8 Å². The third kappa shape index (κ3) is 3.30. The summed E-state index contributed by atoms with van der Waals surface area (Å²) in [5.41, 5.74) is 0. The van der Waals surface area contributed by atoms with Crippen LogP contribution in [0.2, 0.25) is 0 Å². The summed E-state index contributed by atoms with van der Waals surface area (Å²) in [5, 5.41) is 0. The Morgan fingerprint density at radius 3 is 2.44 bits per heavy atom. The molecule has 0 spiro atoms. The number of piperidine rings is 2. The summed E-state index contributed by atoms with van der Waals surface area (Å²) < 4.78 is 10.8. The van der Waals surface area contributed by atoms with Crippen LogP contribution in [0.15, 0.2) is 0 Å². The lowest BCUT2D eigenvalue weighted by Crippen LogP contribution is -2.66. The minimum Gasteiger partial charge on any atom is -0.450 e. The average Bonchev–Trinajstić information content (AvgIpc) is 3.12. The largest absolute Gasteiger partial charge is 0.450 e. The lowest BCUT2D eigenvalue weighted by atomic mass is 9.74. The van der Waals surface area contributed by atoms with Crippen LogP contribution >= 0.6 is 0 Å². The zero-order valence-electron chi connectivity index (χ0n) is 15.1. The van der Waals surface area contributed by atoms with Crippen molar-refractivity contribution >= 4 is 12.2 Å². The Morgan fingerprint density at radius 1 is 1.04 bits per heavy atom. The highest BCUT2D eigenvalue weighted by atomic mass is 16.6. The lowest BCUT2D eigenvalue weighted by molar-refractivity contribution is -0.0923. The van der Waals surface area contributed by atoms with Gasteiger partial charge >= 0.3 is 12.2 Å². The number of hydrogen-bond donors (Lipinski definition) is 0. The number of carbonyl (C=O) groups excluding carboxylic acids is 2. The van der Waals surface area contributed by atoms with Crippen molar-refractivity contribution in [1.82, 2.24) is 14.7 Å². The Hall–Kier alpha value is -1.50. The third-order valence-electron chi connectivity index (χ3n) is 6.28. The van der Waals surface area contributed by atoms with E-state index in [0.29, 0.717) is 24.6 Å². The van der Waals surface area contributed by atoms with Crippen LogP contribution in [0.3, 0.4) is 0 Å². The number of rotatable bonds is 3. The molecule has 2 amide bonds. The fraction of sp³-hybridized carbons (Fsp3) is 0.889. The van der Waals surface area contributed by atoms with Crippen LogP contribution in [0.5, 0.6) is 0 Å². The van der Waals surface area contributed by atoms with Crippen LogP contribution in [-0.4, -0.2) is 84.4 Å². The molecule has 3 atom stereocenters. The summed E-state index contributed by atoms with van der Waals surface area (Å²) in [4.78, 5) is 30.3. The molecule has 25 heavy (non-hydrogen) atoms. The van der Waals surface area contributed by atoms with E-state index in [2.05, 4.69) is 4.90 Å². The predicted octanol–water partition coefficient (Wildman–Crippen LogP) is 1.91. The van der Waals surface area contributed by atoms with Crippen LogP contribution in [0, 0.1) is 5.92 Å². The normalized spacial score (nSPS) is 32.6. The highest BCUT2D eigenvalue weighted by Gasteiger charge is 2.48. The predicted molar refractivity (Wildman–Crippen MR) is 91.3 cm³/mol. The van der Waals surface area contributed by atoms with Gasteiger partial charge in [0.15, 0.2) is 0 Å². The van der Waals surface area contributed by atoms with Gasteiger partial charge in [-0.15, -0.1) is 0 Å². The highest BCUT2D eigenvalue weighted by molar-refractivity contribution is 5.68. The molecule has 5 fully saturated rings. The molecule has 140 valence electrons. The van der Waals surface area contributed by atoms with Crippen molar-refractivity contribution in [3.8, 4) is 0 Å². The molecule has 0 radical (unpaired) electrons. The molecule has 5 rings (SSSR count). The topological polar surface area (TPSA) is 62.3 Å². The second-order valence-electron chi connectivity index (χ2n) is 7.80. The SMILES string of the molecule is CCOC(=O)N1CC2CCC1CC2N1CC(OC(=O)N2CCCC2)C1. The monoisotopic (exact) mass is 351 g/mol. The summed E-state index contributed by atoms with van der Waals surface area (Å²) in [5.74, 6) is 0.518. The summed E-state index contributed by atoms with van der Waals surface area (Å²) in [6.07, 6.45) is 5.21. The summed E-state index contributed by atoms with van der Waals surface area (Å²) >= 11 is 0. The minimum atomic E-state index is -0.156. The Bertz CT molecular complexity index is 516. The number of carbonyl (C=O) groups is 2. The van der Waals surface area contributed by atoms with Crippen molar-refractivity contribution in [3.05, 3.63) is 0 Å². The van der Waals surface area contributed by atoms with E-state index in [9.17, 15) is 9.59 Å². The Labute approximate surface area is 149 Å². The third-order valence-corrected chi connectivity index (χ3v) is 6.28.